The summed E-state index contributed by atoms with van der Waals surface area (Å²) in [6, 6.07) is 13.1. The summed E-state index contributed by atoms with van der Waals surface area (Å²) in [5, 5.41) is 5.00. The smallest absolute Gasteiger partial charge is 0.369 e. The molecule has 3 rings (SSSR count). The Balaban J connectivity index is 1.70. The van der Waals surface area contributed by atoms with E-state index in [-0.39, 0.29) is 0 Å². The third kappa shape index (κ3) is 6.10. The van der Waals surface area contributed by atoms with Crippen molar-refractivity contribution >= 4 is 28.5 Å². The average Bonchev–Trinajstić information content (AvgIpc) is 2.71. The number of thioether (sulfide) groups is 1. The Kier molecular flexibility index (Phi) is 7.36. The van der Waals surface area contributed by atoms with Gasteiger partial charge in [0.2, 0.25) is 0 Å². The fraction of sp³-hybridized carbons (Fsp3) is 0.364. The Hall–Kier alpha value is -2.28. The standard InChI is InChI=1S/C22H24F3N3S/c1-2-3-4-7-14-26-20-18-8-5-6-9-19(18)27-21(28-20)29-15-16-10-12-17(13-11-16)22(23,24)25/h5-6,8-13H,2-4,7,14-15H2,1H3,(H,26,27,28). The Morgan fingerprint density at radius 2 is 1.69 bits per heavy atom. The maximum atomic E-state index is 12.7. The second-order valence-electron chi connectivity index (χ2n) is 6.84. The van der Waals surface area contributed by atoms with Crippen molar-refractivity contribution in [3.05, 3.63) is 59.7 Å². The molecule has 0 atom stereocenters. The minimum atomic E-state index is -4.31. The summed E-state index contributed by atoms with van der Waals surface area (Å²) in [4.78, 5) is 9.25. The van der Waals surface area contributed by atoms with Crippen molar-refractivity contribution in [2.45, 2.75) is 49.7 Å². The van der Waals surface area contributed by atoms with Gasteiger partial charge in [-0.3, -0.25) is 0 Å². The van der Waals surface area contributed by atoms with Crippen LogP contribution in [0.2, 0.25) is 0 Å². The summed E-state index contributed by atoms with van der Waals surface area (Å²) in [5.41, 5.74) is 1.02. The van der Waals surface area contributed by atoms with Crippen LogP contribution >= 0.6 is 11.8 Å². The largest absolute Gasteiger partial charge is 0.416 e. The molecule has 1 heterocycles. The molecule has 0 saturated heterocycles. The number of unbranched alkanes of at least 4 members (excludes halogenated alkanes) is 3. The lowest BCUT2D eigenvalue weighted by molar-refractivity contribution is -0.137. The number of hydrogen-bond acceptors (Lipinski definition) is 4. The Bertz CT molecular complexity index is 927. The van der Waals surface area contributed by atoms with Crippen LogP contribution in [-0.2, 0) is 11.9 Å². The monoisotopic (exact) mass is 419 g/mol. The van der Waals surface area contributed by atoms with Crippen LogP contribution in [0.1, 0.15) is 43.7 Å². The van der Waals surface area contributed by atoms with Gasteiger partial charge in [0.05, 0.1) is 11.1 Å². The summed E-state index contributed by atoms with van der Waals surface area (Å²) < 4.78 is 38.1. The fourth-order valence-electron chi connectivity index (χ4n) is 2.95. The second-order valence-corrected chi connectivity index (χ2v) is 7.79. The quantitative estimate of drug-likeness (QED) is 0.232. The number of nitrogens with zero attached hydrogens (tertiary/aromatic N) is 2. The number of nitrogens with one attached hydrogen (secondary N) is 1. The highest BCUT2D eigenvalue weighted by Gasteiger charge is 2.29. The van der Waals surface area contributed by atoms with E-state index in [1.807, 2.05) is 24.3 Å². The number of hydrogen-bond donors (Lipinski definition) is 1. The van der Waals surface area contributed by atoms with Gasteiger partial charge in [-0.1, -0.05) is 62.2 Å². The van der Waals surface area contributed by atoms with Crippen LogP contribution in [0, 0.1) is 0 Å². The third-order valence-corrected chi connectivity index (χ3v) is 5.47. The first-order chi connectivity index (χ1) is 14.0. The summed E-state index contributed by atoms with van der Waals surface area (Å²) in [6.45, 7) is 3.04. The normalized spacial score (nSPS) is 11.7. The molecule has 0 fully saturated rings. The fourth-order valence-corrected chi connectivity index (χ4v) is 3.76. The molecule has 0 aliphatic heterocycles. The van der Waals surface area contributed by atoms with Gasteiger partial charge in [-0.25, -0.2) is 9.97 Å². The minimum Gasteiger partial charge on any atom is -0.369 e. The van der Waals surface area contributed by atoms with Gasteiger partial charge in [-0.15, -0.1) is 0 Å². The molecular formula is C22H24F3N3S. The van der Waals surface area contributed by atoms with Crippen molar-refractivity contribution in [2.75, 3.05) is 11.9 Å². The molecule has 3 nitrogen and oxygen atoms in total. The number of aromatic nitrogens is 2. The van der Waals surface area contributed by atoms with Crippen molar-refractivity contribution < 1.29 is 13.2 Å². The molecule has 29 heavy (non-hydrogen) atoms. The zero-order valence-electron chi connectivity index (χ0n) is 16.3. The van der Waals surface area contributed by atoms with Crippen LogP contribution in [0.5, 0.6) is 0 Å². The number of alkyl halides is 3. The lowest BCUT2D eigenvalue weighted by Gasteiger charge is -2.11. The van der Waals surface area contributed by atoms with Crippen molar-refractivity contribution in [3.8, 4) is 0 Å². The third-order valence-electron chi connectivity index (χ3n) is 4.55. The molecule has 1 N–H and O–H groups in total. The number of halogens is 3. The predicted octanol–water partition coefficient (Wildman–Crippen LogP) is 6.93. The van der Waals surface area contributed by atoms with Gasteiger partial charge in [-0.05, 0) is 36.2 Å². The lowest BCUT2D eigenvalue weighted by atomic mass is 10.1. The number of para-hydroxylation sites is 1. The molecule has 0 radical (unpaired) electrons. The lowest BCUT2D eigenvalue weighted by Crippen LogP contribution is -2.05. The van der Waals surface area contributed by atoms with Crippen molar-refractivity contribution in [1.29, 1.82) is 0 Å². The van der Waals surface area contributed by atoms with E-state index in [4.69, 9.17) is 0 Å². The van der Waals surface area contributed by atoms with Gasteiger partial charge in [0.15, 0.2) is 5.16 Å². The van der Waals surface area contributed by atoms with Crippen LogP contribution in [0.25, 0.3) is 10.9 Å². The SMILES string of the molecule is CCCCCCNc1nc(SCc2ccc(C(F)(F)F)cc2)nc2ccccc12. The van der Waals surface area contributed by atoms with Crippen LogP contribution in [0.15, 0.2) is 53.7 Å². The summed E-state index contributed by atoms with van der Waals surface area (Å²) in [6.07, 6.45) is 0.370. The van der Waals surface area contributed by atoms with E-state index >= 15 is 0 Å². The molecule has 154 valence electrons. The highest BCUT2D eigenvalue weighted by atomic mass is 32.2. The molecule has 0 amide bonds. The first-order valence-corrected chi connectivity index (χ1v) is 10.8. The molecule has 0 aliphatic rings. The maximum absolute atomic E-state index is 12.7. The van der Waals surface area contributed by atoms with Crippen LogP contribution < -0.4 is 5.32 Å². The Morgan fingerprint density at radius 3 is 2.41 bits per heavy atom. The Morgan fingerprint density at radius 1 is 0.931 bits per heavy atom. The molecule has 7 heteroatoms. The van der Waals surface area contributed by atoms with E-state index in [2.05, 4.69) is 22.2 Å². The van der Waals surface area contributed by atoms with Crippen LogP contribution in [-0.4, -0.2) is 16.5 Å². The summed E-state index contributed by atoms with van der Waals surface area (Å²) in [7, 11) is 0. The number of rotatable bonds is 9. The van der Waals surface area contributed by atoms with Gasteiger partial charge in [0.25, 0.3) is 0 Å². The van der Waals surface area contributed by atoms with Gasteiger partial charge in [0, 0.05) is 17.7 Å². The molecule has 1 aromatic heterocycles. The van der Waals surface area contributed by atoms with E-state index in [0.717, 1.165) is 47.4 Å². The predicted molar refractivity (Wildman–Crippen MR) is 113 cm³/mol. The van der Waals surface area contributed by atoms with Gasteiger partial charge >= 0.3 is 6.18 Å². The highest BCUT2D eigenvalue weighted by Crippen LogP contribution is 2.30. The van der Waals surface area contributed by atoms with Gasteiger partial charge in [-0.2, -0.15) is 13.2 Å². The summed E-state index contributed by atoms with van der Waals surface area (Å²) in [5.74, 6) is 1.31. The van der Waals surface area contributed by atoms with Crippen molar-refractivity contribution in [2.24, 2.45) is 0 Å². The van der Waals surface area contributed by atoms with E-state index in [9.17, 15) is 13.2 Å². The van der Waals surface area contributed by atoms with Gasteiger partial charge < -0.3 is 5.32 Å². The molecule has 0 unspecified atom stereocenters. The van der Waals surface area contributed by atoms with Crippen molar-refractivity contribution in [1.82, 2.24) is 9.97 Å². The number of fused-ring (bicyclic) bond motifs is 1. The maximum Gasteiger partial charge on any atom is 0.416 e. The van der Waals surface area contributed by atoms with E-state index in [1.54, 1.807) is 0 Å². The molecule has 2 aromatic carbocycles. The Labute approximate surface area is 173 Å². The van der Waals surface area contributed by atoms with Gasteiger partial charge in [0.1, 0.15) is 5.82 Å². The molecule has 0 bridgehead atoms. The summed E-state index contributed by atoms with van der Waals surface area (Å²) >= 11 is 1.42. The molecule has 0 spiro atoms. The molecule has 3 aromatic rings. The zero-order valence-corrected chi connectivity index (χ0v) is 17.1. The topological polar surface area (TPSA) is 37.8 Å². The second kappa shape index (κ2) is 9.96. The first kappa shape index (κ1) is 21.4. The molecule has 0 saturated carbocycles. The molecule has 0 aliphatic carbocycles. The van der Waals surface area contributed by atoms with Crippen LogP contribution in [0.4, 0.5) is 19.0 Å². The molecular weight excluding hydrogens is 395 g/mol. The number of anilines is 1. The number of benzene rings is 2. The minimum absolute atomic E-state index is 0.506. The van der Waals surface area contributed by atoms with E-state index in [0.29, 0.717) is 10.9 Å². The van der Waals surface area contributed by atoms with Crippen molar-refractivity contribution in [3.63, 3.8) is 0 Å². The first-order valence-electron chi connectivity index (χ1n) is 9.77. The zero-order chi connectivity index (χ0) is 20.7. The highest BCUT2D eigenvalue weighted by molar-refractivity contribution is 7.98. The van der Waals surface area contributed by atoms with E-state index < -0.39 is 11.7 Å². The van der Waals surface area contributed by atoms with Crippen LogP contribution in [0.3, 0.4) is 0 Å². The average molecular weight is 420 g/mol. The van der Waals surface area contributed by atoms with E-state index in [1.165, 1.54) is 43.2 Å².